The molecule has 2 aliphatic heterocycles. The van der Waals surface area contributed by atoms with Crippen LogP contribution in [0.1, 0.15) is 68.7 Å². The van der Waals surface area contributed by atoms with Gasteiger partial charge in [0.1, 0.15) is 49.1 Å². The number of ether oxygens (including phenoxy) is 11. The molecule has 17 nitrogen and oxygen atoms in total. The van der Waals surface area contributed by atoms with Gasteiger partial charge in [0.05, 0.1) is 37.9 Å². The van der Waals surface area contributed by atoms with Gasteiger partial charge in [0.2, 0.25) is 6.29 Å². The van der Waals surface area contributed by atoms with Crippen molar-refractivity contribution >= 4 is 35.8 Å². The van der Waals surface area contributed by atoms with E-state index in [1.165, 1.54) is 27.9 Å². The number of hydrogen-bond acceptors (Lipinski definition) is 17. The van der Waals surface area contributed by atoms with E-state index in [2.05, 4.69) is 0 Å². The summed E-state index contributed by atoms with van der Waals surface area (Å²) in [5, 5.41) is 0. The van der Waals surface area contributed by atoms with Crippen LogP contribution in [0.15, 0.2) is 84.9 Å². The van der Waals surface area contributed by atoms with Gasteiger partial charge in [-0.2, -0.15) is 0 Å². The van der Waals surface area contributed by atoms with Crippen LogP contribution < -0.4 is 9.47 Å². The average Bonchev–Trinajstić information content (AvgIpc) is 3.27. The molecule has 2 aliphatic rings. The summed E-state index contributed by atoms with van der Waals surface area (Å²) in [6.07, 6.45) is -9.11. The van der Waals surface area contributed by atoms with Crippen LogP contribution in [0.4, 0.5) is 0 Å². The second-order valence-corrected chi connectivity index (χ2v) is 15.3. The first-order chi connectivity index (χ1) is 30.0. The van der Waals surface area contributed by atoms with Crippen LogP contribution in [0.5, 0.6) is 11.5 Å². The van der Waals surface area contributed by atoms with Gasteiger partial charge in [-0.15, -0.1) is 0 Å². The molecule has 3 unspecified atom stereocenters. The van der Waals surface area contributed by atoms with Crippen molar-refractivity contribution in [1.29, 1.82) is 0 Å². The fourth-order valence-electron chi connectivity index (χ4n) is 7.53. The Kier molecular flexibility index (Phi) is 16.6. The molecule has 0 saturated carbocycles. The lowest BCUT2D eigenvalue weighted by Crippen LogP contribution is -2.66. The molecule has 0 spiro atoms. The van der Waals surface area contributed by atoms with Crippen molar-refractivity contribution < 1.29 is 80.9 Å². The second-order valence-electron chi connectivity index (χ2n) is 15.3. The van der Waals surface area contributed by atoms with Gasteiger partial charge >= 0.3 is 35.8 Å². The van der Waals surface area contributed by atoms with Crippen molar-refractivity contribution in [2.75, 3.05) is 27.4 Å². The van der Waals surface area contributed by atoms with Gasteiger partial charge in [0, 0.05) is 38.5 Å². The van der Waals surface area contributed by atoms with Gasteiger partial charge < -0.3 is 52.1 Å². The summed E-state index contributed by atoms with van der Waals surface area (Å²) >= 11 is 0. The molecular formula is C46H54O17. The molecule has 0 aliphatic carbocycles. The fraction of sp³-hybridized carbons (Fsp3) is 0.478. The van der Waals surface area contributed by atoms with Crippen LogP contribution in [-0.2, 0) is 61.8 Å². The molecule has 2 fully saturated rings. The first kappa shape index (κ1) is 48.0. The molecule has 11 atom stereocenters. The minimum Gasteiger partial charge on any atom is -0.497 e. The van der Waals surface area contributed by atoms with E-state index in [-0.39, 0.29) is 30.1 Å². The SMILES string of the molecule is COC(=O)[C@@]1(O[C@@H]2C(OC(=O)c3ccccc3)[C@H](Oc3ccc(OC)cc3)OC(COC(=O)c3ccccc3)[C@@H]2C)CC(OC(C)=O)[C@@H](C)[C@H]([C@H](C)[C@@H](COC(C)=O)OC(C)=O)O1. The minimum atomic E-state index is -2.42. The number of methoxy groups -OCH3 is 2. The third-order valence-electron chi connectivity index (χ3n) is 10.9. The molecule has 3 aromatic carbocycles. The number of carbonyl (C=O) groups excluding carboxylic acids is 6. The third-order valence-corrected chi connectivity index (χ3v) is 10.9. The highest BCUT2D eigenvalue weighted by Gasteiger charge is 2.60. The van der Waals surface area contributed by atoms with E-state index in [1.54, 1.807) is 106 Å². The lowest BCUT2D eigenvalue weighted by Gasteiger charge is -2.51. The van der Waals surface area contributed by atoms with Crippen LogP contribution in [0.25, 0.3) is 0 Å². The summed E-state index contributed by atoms with van der Waals surface area (Å²) in [6, 6.07) is 22.9. The molecule has 17 heteroatoms. The van der Waals surface area contributed by atoms with Crippen molar-refractivity contribution in [1.82, 2.24) is 0 Å². The zero-order chi connectivity index (χ0) is 45.8. The lowest BCUT2D eigenvalue weighted by atomic mass is 9.80. The van der Waals surface area contributed by atoms with Crippen molar-refractivity contribution in [2.24, 2.45) is 17.8 Å². The molecule has 0 bridgehead atoms. The monoisotopic (exact) mass is 878 g/mol. The molecule has 340 valence electrons. The number of esters is 6. The van der Waals surface area contributed by atoms with Gasteiger partial charge in [0.15, 0.2) is 6.10 Å². The standard InChI is InChI=1S/C46H54O17/c1-26-36(57-30(5)48)23-46(45(52)54-8,62-39(26)27(2)37(58-31(6)49)24-55-29(4)47)63-40-28(3)38(25-56-42(50)32-15-11-9-12-16-32)60-44(59-35-21-19-34(53-7)20-22-35)41(40)61-43(51)33-17-13-10-14-18-33/h9-22,26-28,36-41,44H,23-25H2,1-8H3/t26-,27-,28+,36?,37-,38?,39-,40+,41?,44-,46+/m1/s1. The van der Waals surface area contributed by atoms with Crippen LogP contribution in [0, 0.1) is 17.8 Å². The van der Waals surface area contributed by atoms with Gasteiger partial charge in [-0.1, -0.05) is 57.2 Å². The van der Waals surface area contributed by atoms with Crippen molar-refractivity contribution in [2.45, 2.75) is 96.7 Å². The molecule has 63 heavy (non-hydrogen) atoms. The van der Waals surface area contributed by atoms with E-state index in [9.17, 15) is 28.8 Å². The first-order valence-corrected chi connectivity index (χ1v) is 20.4. The second kappa shape index (κ2) is 21.8. The van der Waals surface area contributed by atoms with E-state index in [1.807, 2.05) is 0 Å². The van der Waals surface area contributed by atoms with Crippen LogP contribution >= 0.6 is 0 Å². The Morgan fingerprint density at radius 1 is 0.714 bits per heavy atom. The predicted octanol–water partition coefficient (Wildman–Crippen LogP) is 5.26. The largest absolute Gasteiger partial charge is 0.497 e. The lowest BCUT2D eigenvalue weighted by molar-refractivity contribution is -0.358. The number of benzene rings is 3. The Morgan fingerprint density at radius 2 is 1.32 bits per heavy atom. The quantitative estimate of drug-likeness (QED) is 0.125. The average molecular weight is 879 g/mol. The molecule has 0 amide bonds. The maximum Gasteiger partial charge on any atom is 0.366 e. The highest BCUT2D eigenvalue weighted by Crippen LogP contribution is 2.44. The normalized spacial score (nSPS) is 26.4. The van der Waals surface area contributed by atoms with Gasteiger partial charge in [-0.05, 0) is 48.5 Å². The summed E-state index contributed by atoms with van der Waals surface area (Å²) in [5.41, 5.74) is 0.450. The van der Waals surface area contributed by atoms with Crippen LogP contribution in [-0.4, -0.2) is 112 Å². The summed E-state index contributed by atoms with van der Waals surface area (Å²) in [7, 11) is 2.61. The van der Waals surface area contributed by atoms with E-state index in [4.69, 9.17) is 52.1 Å². The molecule has 5 rings (SSSR count). The highest BCUT2D eigenvalue weighted by molar-refractivity contribution is 5.90. The Balaban J connectivity index is 1.62. The Bertz CT molecular complexity index is 2020. The molecule has 2 saturated heterocycles. The maximum absolute atomic E-state index is 14.4. The van der Waals surface area contributed by atoms with Crippen LogP contribution in [0.2, 0.25) is 0 Å². The summed E-state index contributed by atoms with van der Waals surface area (Å²) in [5.74, 6) is -8.57. The number of carbonyl (C=O) groups is 6. The molecule has 0 aromatic heterocycles. The molecular weight excluding hydrogens is 824 g/mol. The molecule has 0 radical (unpaired) electrons. The number of hydrogen-bond donors (Lipinski definition) is 0. The van der Waals surface area contributed by atoms with E-state index in [0.29, 0.717) is 5.75 Å². The van der Waals surface area contributed by atoms with Crippen molar-refractivity contribution in [3.8, 4) is 11.5 Å². The van der Waals surface area contributed by atoms with Gasteiger partial charge in [-0.25, -0.2) is 14.4 Å². The summed E-state index contributed by atoms with van der Waals surface area (Å²) in [4.78, 5) is 78.4. The molecule has 3 aromatic rings. The minimum absolute atomic E-state index is 0.171. The predicted molar refractivity (Wildman–Crippen MR) is 219 cm³/mol. The van der Waals surface area contributed by atoms with Crippen molar-refractivity contribution in [3.63, 3.8) is 0 Å². The summed E-state index contributed by atoms with van der Waals surface area (Å²) < 4.78 is 65.7. The van der Waals surface area contributed by atoms with E-state index < -0.39 is 109 Å². The highest BCUT2D eigenvalue weighted by atomic mass is 16.8. The van der Waals surface area contributed by atoms with Gasteiger partial charge in [0.25, 0.3) is 5.79 Å². The molecule has 2 heterocycles. The van der Waals surface area contributed by atoms with Crippen molar-refractivity contribution in [3.05, 3.63) is 96.1 Å². The summed E-state index contributed by atoms with van der Waals surface area (Å²) in [6.45, 7) is 7.90. The van der Waals surface area contributed by atoms with E-state index in [0.717, 1.165) is 7.11 Å². The number of rotatable bonds is 17. The fourth-order valence-corrected chi connectivity index (χ4v) is 7.53. The Hall–Kier alpha value is -6.04. The maximum atomic E-state index is 14.4. The van der Waals surface area contributed by atoms with Gasteiger partial charge in [-0.3, -0.25) is 14.4 Å². The third kappa shape index (κ3) is 12.3. The van der Waals surface area contributed by atoms with Crippen LogP contribution in [0.3, 0.4) is 0 Å². The Morgan fingerprint density at radius 3 is 1.87 bits per heavy atom. The topological polar surface area (TPSA) is 204 Å². The Labute approximate surface area is 365 Å². The first-order valence-electron chi connectivity index (χ1n) is 20.4. The smallest absolute Gasteiger partial charge is 0.366 e. The molecule has 0 N–H and O–H groups in total. The van der Waals surface area contributed by atoms with E-state index >= 15 is 0 Å². The zero-order valence-corrected chi connectivity index (χ0v) is 36.4. The zero-order valence-electron chi connectivity index (χ0n) is 36.4.